The maximum Gasteiger partial charge on any atom is 0.183 e. The third kappa shape index (κ3) is 2.01. The van der Waals surface area contributed by atoms with Crippen LogP contribution < -0.4 is 5.32 Å². The van der Waals surface area contributed by atoms with Gasteiger partial charge in [-0.3, -0.25) is 0 Å². The van der Waals surface area contributed by atoms with Crippen LogP contribution >= 0.6 is 0 Å². The summed E-state index contributed by atoms with van der Waals surface area (Å²) in [5.74, 6) is 1.45. The molecule has 0 atom stereocenters. The summed E-state index contributed by atoms with van der Waals surface area (Å²) in [4.78, 5) is 16.9. The minimum atomic E-state index is 0.310. The number of fused-ring (bicyclic) bond motifs is 1. The van der Waals surface area contributed by atoms with Crippen molar-refractivity contribution in [3.63, 3.8) is 0 Å². The van der Waals surface area contributed by atoms with Crippen LogP contribution in [0.15, 0.2) is 12.4 Å². The molecule has 78 valence electrons. The zero-order valence-electron chi connectivity index (χ0n) is 9.02. The molecule has 0 saturated heterocycles. The van der Waals surface area contributed by atoms with E-state index in [0.29, 0.717) is 17.5 Å². The largest absolute Gasteiger partial charge is 0.366 e. The van der Waals surface area contributed by atoms with E-state index in [4.69, 9.17) is 0 Å². The number of rotatable bonds is 2. The van der Waals surface area contributed by atoms with E-state index in [1.54, 1.807) is 12.4 Å². The van der Waals surface area contributed by atoms with Gasteiger partial charge in [-0.25, -0.2) is 19.9 Å². The van der Waals surface area contributed by atoms with E-state index in [0.717, 1.165) is 11.3 Å². The highest BCUT2D eigenvalue weighted by Crippen LogP contribution is 2.15. The summed E-state index contributed by atoms with van der Waals surface area (Å²) >= 11 is 0. The van der Waals surface area contributed by atoms with Crippen LogP contribution in [-0.2, 0) is 0 Å². The molecule has 2 aromatic rings. The minimum Gasteiger partial charge on any atom is -0.366 e. The second-order valence-electron chi connectivity index (χ2n) is 3.65. The number of hydrogen-bond acceptors (Lipinski definition) is 5. The highest BCUT2D eigenvalue weighted by molar-refractivity contribution is 5.81. The number of anilines is 1. The molecule has 0 bridgehead atoms. The van der Waals surface area contributed by atoms with E-state index in [-0.39, 0.29) is 0 Å². The van der Waals surface area contributed by atoms with Crippen LogP contribution in [0.4, 0.5) is 5.82 Å². The van der Waals surface area contributed by atoms with Crippen molar-refractivity contribution in [1.29, 1.82) is 0 Å². The Morgan fingerprint density at radius 3 is 2.60 bits per heavy atom. The smallest absolute Gasteiger partial charge is 0.183 e. The molecule has 0 radical (unpaired) electrons. The fraction of sp³-hybridized carbons (Fsp3) is 0.400. The van der Waals surface area contributed by atoms with E-state index in [1.165, 1.54) is 0 Å². The molecular formula is C10H13N5. The average molecular weight is 203 g/mol. The molecule has 0 saturated carbocycles. The summed E-state index contributed by atoms with van der Waals surface area (Å²) < 4.78 is 0. The first-order valence-corrected chi connectivity index (χ1v) is 4.88. The summed E-state index contributed by atoms with van der Waals surface area (Å²) in [5, 5.41) is 3.23. The second kappa shape index (κ2) is 3.76. The van der Waals surface area contributed by atoms with Gasteiger partial charge < -0.3 is 5.32 Å². The van der Waals surface area contributed by atoms with Gasteiger partial charge in [-0.2, -0.15) is 0 Å². The zero-order chi connectivity index (χ0) is 10.8. The topological polar surface area (TPSA) is 63.6 Å². The Bertz CT molecular complexity index is 480. The Hall–Kier alpha value is -1.78. The highest BCUT2D eigenvalue weighted by atomic mass is 15.1. The lowest BCUT2D eigenvalue weighted by atomic mass is 10.3. The molecule has 1 N–H and O–H groups in total. The quantitative estimate of drug-likeness (QED) is 0.802. The van der Waals surface area contributed by atoms with E-state index < -0.39 is 0 Å². The number of aromatic nitrogens is 4. The standard InChI is InChI=1S/C10H13N5/c1-6(2)13-10-8-9(12-5-4-11-8)14-7(3)15-10/h4-6H,1-3H3,(H,12,13,14,15). The lowest BCUT2D eigenvalue weighted by molar-refractivity contribution is 0.883. The van der Waals surface area contributed by atoms with Crippen molar-refractivity contribution in [2.24, 2.45) is 0 Å². The molecule has 15 heavy (non-hydrogen) atoms. The predicted octanol–water partition coefficient (Wildman–Crippen LogP) is 1.55. The molecule has 0 unspecified atom stereocenters. The Balaban J connectivity index is 2.60. The number of hydrogen-bond donors (Lipinski definition) is 1. The van der Waals surface area contributed by atoms with E-state index in [9.17, 15) is 0 Å². The van der Waals surface area contributed by atoms with Crippen molar-refractivity contribution in [2.75, 3.05) is 5.32 Å². The van der Waals surface area contributed by atoms with E-state index in [2.05, 4.69) is 39.1 Å². The van der Waals surface area contributed by atoms with Crippen LogP contribution in [0.25, 0.3) is 11.2 Å². The molecular weight excluding hydrogens is 190 g/mol. The molecule has 2 heterocycles. The van der Waals surface area contributed by atoms with Crippen LogP contribution in [0, 0.1) is 6.92 Å². The van der Waals surface area contributed by atoms with Crippen molar-refractivity contribution >= 4 is 17.0 Å². The van der Waals surface area contributed by atoms with Crippen molar-refractivity contribution in [1.82, 2.24) is 19.9 Å². The molecule has 0 aromatic carbocycles. The van der Waals surface area contributed by atoms with Gasteiger partial charge in [0.25, 0.3) is 0 Å². The molecule has 0 amide bonds. The maximum atomic E-state index is 4.32. The lowest BCUT2D eigenvalue weighted by Crippen LogP contribution is -2.13. The Labute approximate surface area is 88.0 Å². The minimum absolute atomic E-state index is 0.310. The van der Waals surface area contributed by atoms with Crippen LogP contribution in [0.3, 0.4) is 0 Å². The average Bonchev–Trinajstić information content (AvgIpc) is 2.16. The monoisotopic (exact) mass is 203 g/mol. The van der Waals surface area contributed by atoms with Gasteiger partial charge in [0.05, 0.1) is 0 Å². The van der Waals surface area contributed by atoms with E-state index >= 15 is 0 Å². The molecule has 5 heteroatoms. The number of nitrogens with zero attached hydrogens (tertiary/aromatic N) is 4. The van der Waals surface area contributed by atoms with Gasteiger partial charge in [-0.05, 0) is 20.8 Å². The summed E-state index contributed by atoms with van der Waals surface area (Å²) in [6, 6.07) is 0.310. The van der Waals surface area contributed by atoms with Crippen LogP contribution in [0.2, 0.25) is 0 Å². The fourth-order valence-electron chi connectivity index (χ4n) is 1.35. The third-order valence-corrected chi connectivity index (χ3v) is 1.87. The molecule has 0 aliphatic carbocycles. The molecule has 0 aliphatic rings. The van der Waals surface area contributed by atoms with Gasteiger partial charge in [0.2, 0.25) is 0 Å². The normalized spacial score (nSPS) is 10.9. The third-order valence-electron chi connectivity index (χ3n) is 1.87. The van der Waals surface area contributed by atoms with Crippen LogP contribution in [0.1, 0.15) is 19.7 Å². The molecule has 0 fully saturated rings. The maximum absolute atomic E-state index is 4.32. The number of nitrogens with one attached hydrogen (secondary N) is 1. The molecule has 5 nitrogen and oxygen atoms in total. The summed E-state index contributed by atoms with van der Waals surface area (Å²) in [6.45, 7) is 5.96. The van der Waals surface area contributed by atoms with Gasteiger partial charge in [0.15, 0.2) is 11.5 Å². The first-order chi connectivity index (χ1) is 7.16. The lowest BCUT2D eigenvalue weighted by Gasteiger charge is -2.10. The summed E-state index contributed by atoms with van der Waals surface area (Å²) in [5.41, 5.74) is 1.35. The Morgan fingerprint density at radius 2 is 1.87 bits per heavy atom. The Kier molecular flexibility index (Phi) is 2.45. The van der Waals surface area contributed by atoms with Gasteiger partial charge in [0.1, 0.15) is 11.3 Å². The zero-order valence-corrected chi connectivity index (χ0v) is 9.02. The molecule has 0 aliphatic heterocycles. The second-order valence-corrected chi connectivity index (χ2v) is 3.65. The SMILES string of the molecule is Cc1nc(NC(C)C)c2nccnc2n1. The van der Waals surface area contributed by atoms with Crippen LogP contribution in [-0.4, -0.2) is 26.0 Å². The fourth-order valence-corrected chi connectivity index (χ4v) is 1.35. The number of aryl methyl sites for hydroxylation is 1. The molecule has 0 spiro atoms. The predicted molar refractivity (Wildman–Crippen MR) is 58.6 cm³/mol. The van der Waals surface area contributed by atoms with Crippen LogP contribution in [0.5, 0.6) is 0 Å². The van der Waals surface area contributed by atoms with Crippen molar-refractivity contribution in [2.45, 2.75) is 26.8 Å². The van der Waals surface area contributed by atoms with Crippen molar-refractivity contribution < 1.29 is 0 Å². The van der Waals surface area contributed by atoms with E-state index in [1.807, 2.05) is 6.92 Å². The highest BCUT2D eigenvalue weighted by Gasteiger charge is 2.07. The van der Waals surface area contributed by atoms with Gasteiger partial charge in [0, 0.05) is 18.4 Å². The summed E-state index contributed by atoms with van der Waals surface area (Å²) in [6.07, 6.45) is 3.28. The Morgan fingerprint density at radius 1 is 1.13 bits per heavy atom. The first kappa shape index (κ1) is 9.76. The molecule has 2 rings (SSSR count). The van der Waals surface area contributed by atoms with Crippen molar-refractivity contribution in [3.8, 4) is 0 Å². The van der Waals surface area contributed by atoms with Gasteiger partial charge in [-0.15, -0.1) is 0 Å². The first-order valence-electron chi connectivity index (χ1n) is 4.88. The molecule has 2 aromatic heterocycles. The summed E-state index contributed by atoms with van der Waals surface area (Å²) in [7, 11) is 0. The van der Waals surface area contributed by atoms with Gasteiger partial charge in [-0.1, -0.05) is 0 Å². The van der Waals surface area contributed by atoms with Crippen molar-refractivity contribution in [3.05, 3.63) is 18.2 Å². The van der Waals surface area contributed by atoms with Gasteiger partial charge >= 0.3 is 0 Å².